The molecule has 0 saturated carbocycles. The zero-order chi connectivity index (χ0) is 23.3. The number of fused-ring (bicyclic) bond motifs is 1. The predicted molar refractivity (Wildman–Crippen MR) is 116 cm³/mol. The summed E-state index contributed by atoms with van der Waals surface area (Å²) in [5.74, 6) is 0.946. The summed E-state index contributed by atoms with van der Waals surface area (Å²) in [4.78, 5) is 16.3. The number of carbonyl (C=O) groups excluding carboxylic acids is 1. The number of hydrogen-bond acceptors (Lipinski definition) is 5. The quantitative estimate of drug-likeness (QED) is 0.541. The lowest BCUT2D eigenvalue weighted by molar-refractivity contribution is -0.141. The van der Waals surface area contributed by atoms with Gasteiger partial charge in [0, 0.05) is 37.5 Å². The van der Waals surface area contributed by atoms with Crippen LogP contribution >= 0.6 is 11.6 Å². The Morgan fingerprint density at radius 2 is 1.88 bits per heavy atom. The van der Waals surface area contributed by atoms with E-state index in [1.165, 1.54) is 11.0 Å². The summed E-state index contributed by atoms with van der Waals surface area (Å²) in [7, 11) is 1.60. The van der Waals surface area contributed by atoms with E-state index in [0.29, 0.717) is 36.0 Å². The van der Waals surface area contributed by atoms with Crippen LogP contribution in [0.5, 0.6) is 11.5 Å². The van der Waals surface area contributed by atoms with Crippen molar-refractivity contribution in [2.75, 3.05) is 36.7 Å². The van der Waals surface area contributed by atoms with Crippen LogP contribution in [-0.4, -0.2) is 42.6 Å². The lowest BCUT2D eigenvalue weighted by atomic mass is 10.1. The van der Waals surface area contributed by atoms with Crippen molar-refractivity contribution in [3.05, 3.63) is 58.7 Å². The number of alkyl halides is 3. The van der Waals surface area contributed by atoms with Gasteiger partial charge in [-0.25, -0.2) is 4.68 Å². The lowest BCUT2D eigenvalue weighted by Gasteiger charge is -2.33. The first kappa shape index (κ1) is 21.4. The number of anilines is 2. The van der Waals surface area contributed by atoms with Gasteiger partial charge in [0.15, 0.2) is 23.0 Å². The van der Waals surface area contributed by atoms with Crippen LogP contribution in [-0.2, 0) is 6.18 Å². The Morgan fingerprint density at radius 1 is 1.12 bits per heavy atom. The lowest BCUT2D eigenvalue weighted by Crippen LogP contribution is -2.38. The van der Waals surface area contributed by atoms with Crippen molar-refractivity contribution in [2.45, 2.75) is 12.6 Å². The molecule has 1 amide bonds. The number of amides is 1. The molecule has 3 aromatic rings. The summed E-state index contributed by atoms with van der Waals surface area (Å²) in [5, 5.41) is 3.31. The minimum atomic E-state index is -4.70. The Morgan fingerprint density at radius 3 is 2.58 bits per heavy atom. The maximum absolute atomic E-state index is 13.5. The monoisotopic (exact) mass is 478 g/mol. The van der Waals surface area contributed by atoms with Gasteiger partial charge in [-0.15, -0.1) is 0 Å². The Hall–Kier alpha value is -3.40. The van der Waals surface area contributed by atoms with Gasteiger partial charge in [-0.05, 0) is 36.8 Å². The molecular formula is C22H18ClF3N4O3. The Kier molecular flexibility index (Phi) is 5.12. The van der Waals surface area contributed by atoms with Crippen LogP contribution in [0.1, 0.15) is 22.5 Å². The van der Waals surface area contributed by atoms with Crippen LogP contribution in [0.25, 0.3) is 5.69 Å². The number of carbonyl (C=O) groups is 1. The highest BCUT2D eigenvalue weighted by molar-refractivity contribution is 6.33. The maximum atomic E-state index is 13.5. The van der Waals surface area contributed by atoms with E-state index in [-0.39, 0.29) is 24.1 Å². The van der Waals surface area contributed by atoms with Gasteiger partial charge in [-0.1, -0.05) is 17.7 Å². The molecule has 0 radical (unpaired) electrons. The van der Waals surface area contributed by atoms with E-state index in [1.807, 2.05) is 0 Å². The van der Waals surface area contributed by atoms with Gasteiger partial charge in [0.2, 0.25) is 6.79 Å². The normalized spacial score (nSPS) is 14.9. The van der Waals surface area contributed by atoms with E-state index >= 15 is 0 Å². The van der Waals surface area contributed by atoms with E-state index in [2.05, 4.69) is 5.10 Å². The molecule has 11 heteroatoms. The molecule has 2 aliphatic heterocycles. The fourth-order valence-electron chi connectivity index (χ4n) is 3.73. The van der Waals surface area contributed by atoms with Crippen molar-refractivity contribution in [3.8, 4) is 17.2 Å². The third-order valence-electron chi connectivity index (χ3n) is 5.61. The van der Waals surface area contributed by atoms with Crippen molar-refractivity contribution in [1.82, 2.24) is 9.78 Å². The summed E-state index contributed by atoms with van der Waals surface area (Å²) in [6.07, 6.45) is -3.85. The summed E-state index contributed by atoms with van der Waals surface area (Å²) >= 11 is 6.11. The molecule has 0 spiro atoms. The molecule has 1 saturated heterocycles. The molecule has 172 valence electrons. The first-order chi connectivity index (χ1) is 15.7. The molecule has 0 atom stereocenters. The highest BCUT2D eigenvalue weighted by atomic mass is 35.5. The minimum Gasteiger partial charge on any atom is -0.454 e. The van der Waals surface area contributed by atoms with Crippen LogP contribution in [0.15, 0.2) is 42.5 Å². The van der Waals surface area contributed by atoms with Crippen molar-refractivity contribution >= 4 is 29.0 Å². The van der Waals surface area contributed by atoms with Crippen LogP contribution < -0.4 is 19.3 Å². The van der Waals surface area contributed by atoms with Gasteiger partial charge < -0.3 is 19.3 Å². The number of ether oxygens (including phenoxy) is 2. The Balaban J connectivity index is 1.50. The van der Waals surface area contributed by atoms with E-state index < -0.39 is 16.9 Å². The number of halogens is 4. The molecule has 2 aromatic carbocycles. The molecule has 0 unspecified atom stereocenters. The van der Waals surface area contributed by atoms with Gasteiger partial charge in [-0.2, -0.15) is 18.3 Å². The molecule has 1 aromatic heterocycles. The molecule has 0 N–H and O–H groups in total. The summed E-state index contributed by atoms with van der Waals surface area (Å²) < 4.78 is 52.3. The second-order valence-corrected chi connectivity index (χ2v) is 8.07. The molecule has 2 aliphatic rings. The van der Waals surface area contributed by atoms with Crippen molar-refractivity contribution in [2.24, 2.45) is 0 Å². The average molecular weight is 479 g/mol. The molecule has 1 fully saturated rings. The highest BCUT2D eigenvalue weighted by Gasteiger charge is 2.41. The van der Waals surface area contributed by atoms with Gasteiger partial charge in [-0.3, -0.25) is 4.79 Å². The summed E-state index contributed by atoms with van der Waals surface area (Å²) in [6, 6.07) is 11.4. The Labute approximate surface area is 191 Å². The molecule has 0 aliphatic carbocycles. The van der Waals surface area contributed by atoms with Crippen LogP contribution in [0, 0.1) is 0 Å². The van der Waals surface area contributed by atoms with Crippen LogP contribution in [0.2, 0.25) is 5.02 Å². The van der Waals surface area contributed by atoms with Crippen molar-refractivity contribution in [3.63, 3.8) is 0 Å². The minimum absolute atomic E-state index is 0.115. The van der Waals surface area contributed by atoms with Gasteiger partial charge in [0.25, 0.3) is 5.91 Å². The molecule has 3 heterocycles. The molecule has 33 heavy (non-hydrogen) atoms. The molecular weight excluding hydrogens is 461 g/mol. The first-order valence-corrected chi connectivity index (χ1v) is 10.5. The SMILES string of the molecule is CN(C(=O)c1cccc(-n2nc(C(F)(F)F)c(Cl)c2N2CCC2)c1)c1ccc2c(c1)OCO2. The van der Waals surface area contributed by atoms with E-state index in [0.717, 1.165) is 11.1 Å². The highest BCUT2D eigenvalue weighted by Crippen LogP contribution is 2.42. The van der Waals surface area contributed by atoms with Crippen LogP contribution in [0.3, 0.4) is 0 Å². The first-order valence-electron chi connectivity index (χ1n) is 10.1. The topological polar surface area (TPSA) is 59.8 Å². The van der Waals surface area contributed by atoms with E-state index in [9.17, 15) is 18.0 Å². The number of nitrogens with zero attached hydrogens (tertiary/aromatic N) is 4. The number of hydrogen-bond donors (Lipinski definition) is 0. The third kappa shape index (κ3) is 3.74. The second kappa shape index (κ2) is 7.87. The summed E-state index contributed by atoms with van der Waals surface area (Å²) in [5.41, 5.74) is 0.0133. The fraction of sp³-hybridized carbons (Fsp3) is 0.273. The Bertz CT molecular complexity index is 1240. The third-order valence-corrected chi connectivity index (χ3v) is 5.96. The van der Waals surface area contributed by atoms with Gasteiger partial charge in [0.05, 0.1) is 5.69 Å². The van der Waals surface area contributed by atoms with Crippen LogP contribution in [0.4, 0.5) is 24.7 Å². The average Bonchev–Trinajstić information content (AvgIpc) is 3.36. The maximum Gasteiger partial charge on any atom is 0.436 e. The van der Waals surface area contributed by atoms with Crippen molar-refractivity contribution in [1.29, 1.82) is 0 Å². The molecule has 5 rings (SSSR count). The molecule has 7 nitrogen and oxygen atoms in total. The number of benzene rings is 2. The number of rotatable bonds is 4. The van der Waals surface area contributed by atoms with E-state index in [1.54, 1.807) is 48.3 Å². The largest absolute Gasteiger partial charge is 0.454 e. The summed E-state index contributed by atoms with van der Waals surface area (Å²) in [6.45, 7) is 1.27. The molecule has 0 bridgehead atoms. The zero-order valence-electron chi connectivity index (χ0n) is 17.4. The smallest absolute Gasteiger partial charge is 0.436 e. The predicted octanol–water partition coefficient (Wildman–Crippen LogP) is 4.76. The van der Waals surface area contributed by atoms with Gasteiger partial charge in [0.1, 0.15) is 5.02 Å². The zero-order valence-corrected chi connectivity index (χ0v) is 18.2. The standard InChI is InChI=1S/C22H18ClF3N4O3/c1-28(14-6-7-16-17(11-14)33-12-32-16)21(31)13-4-2-5-15(10-13)30-20(29-8-3-9-29)18(23)19(27-30)22(24,25)26/h2,4-7,10-11H,3,8-9,12H2,1H3. The number of aromatic nitrogens is 2. The second-order valence-electron chi connectivity index (χ2n) is 7.69. The van der Waals surface area contributed by atoms with E-state index in [4.69, 9.17) is 21.1 Å². The fourth-order valence-corrected chi connectivity index (χ4v) is 4.07. The van der Waals surface area contributed by atoms with Crippen molar-refractivity contribution < 1.29 is 27.4 Å². The van der Waals surface area contributed by atoms with Gasteiger partial charge >= 0.3 is 6.18 Å².